The van der Waals surface area contributed by atoms with Crippen LogP contribution in [0.4, 0.5) is 5.69 Å². The van der Waals surface area contributed by atoms with Gasteiger partial charge in [-0.1, -0.05) is 24.3 Å². The van der Waals surface area contributed by atoms with Gasteiger partial charge in [0.2, 0.25) is 5.91 Å². The molecule has 3 rings (SSSR count). The summed E-state index contributed by atoms with van der Waals surface area (Å²) in [5, 5.41) is 13.0. The third kappa shape index (κ3) is 4.51. The molecular weight excluding hydrogens is 342 g/mol. The maximum atomic E-state index is 12.1. The molecule has 2 N–H and O–H groups in total. The highest BCUT2D eigenvalue weighted by atomic mass is 16.3. The van der Waals surface area contributed by atoms with Crippen molar-refractivity contribution in [1.82, 2.24) is 15.0 Å². The summed E-state index contributed by atoms with van der Waals surface area (Å²) in [6.07, 6.45) is 1.76. The van der Waals surface area contributed by atoms with Crippen molar-refractivity contribution in [2.45, 2.75) is 6.42 Å². The molecule has 7 nitrogen and oxygen atoms in total. The largest absolute Gasteiger partial charge is 0.395 e. The molecule has 0 atom stereocenters. The van der Waals surface area contributed by atoms with Gasteiger partial charge in [-0.05, 0) is 29.8 Å². The smallest absolute Gasteiger partial charge is 0.247 e. The van der Waals surface area contributed by atoms with E-state index < -0.39 is 0 Å². The molecule has 27 heavy (non-hydrogen) atoms. The van der Waals surface area contributed by atoms with Gasteiger partial charge in [0, 0.05) is 26.3 Å². The number of amides is 1. The molecule has 3 aromatic rings. The topological polar surface area (TPSA) is 82.8 Å². The lowest BCUT2D eigenvalue weighted by Gasteiger charge is -2.17. The van der Waals surface area contributed by atoms with E-state index in [0.29, 0.717) is 12.4 Å². The zero-order chi connectivity index (χ0) is 19.2. The van der Waals surface area contributed by atoms with Gasteiger partial charge in [-0.3, -0.25) is 4.79 Å². The lowest BCUT2D eigenvalue weighted by Crippen LogP contribution is -2.21. The molecule has 0 fully saturated rings. The Morgan fingerprint density at radius 1 is 1.26 bits per heavy atom. The number of likely N-dealkylation sites (N-methyl/N-ethyl adjacent to an activating group) is 1. The van der Waals surface area contributed by atoms with Crippen molar-refractivity contribution < 1.29 is 9.90 Å². The molecule has 0 saturated carbocycles. The zero-order valence-electron chi connectivity index (χ0n) is 15.5. The van der Waals surface area contributed by atoms with E-state index in [-0.39, 0.29) is 18.9 Å². The van der Waals surface area contributed by atoms with Crippen LogP contribution in [0.25, 0.3) is 11.0 Å². The molecule has 140 valence electrons. The number of rotatable bonds is 7. The number of hydrogen-bond donors (Lipinski definition) is 2. The maximum Gasteiger partial charge on any atom is 0.247 e. The Kier molecular flexibility index (Phi) is 5.83. The number of aromatic nitrogens is 2. The highest BCUT2D eigenvalue weighted by molar-refractivity contribution is 5.84. The Balaban J connectivity index is 1.57. The molecule has 0 aliphatic carbocycles. The van der Waals surface area contributed by atoms with E-state index in [1.807, 2.05) is 72.1 Å². The molecule has 1 heterocycles. The van der Waals surface area contributed by atoms with Crippen LogP contribution in [0.1, 0.15) is 11.4 Å². The first kappa shape index (κ1) is 18.6. The molecular formula is C20H23N5O2. The summed E-state index contributed by atoms with van der Waals surface area (Å²) in [7, 11) is 3.82. The van der Waals surface area contributed by atoms with Crippen LogP contribution in [0.3, 0.4) is 0 Å². The van der Waals surface area contributed by atoms with Crippen molar-refractivity contribution >= 4 is 28.8 Å². The summed E-state index contributed by atoms with van der Waals surface area (Å²) >= 11 is 0. The molecule has 0 bridgehead atoms. The monoisotopic (exact) mass is 365 g/mol. The number of para-hydroxylation sites is 2. The van der Waals surface area contributed by atoms with Gasteiger partial charge < -0.3 is 14.6 Å². The molecule has 0 radical (unpaired) electrons. The molecule has 0 aliphatic rings. The van der Waals surface area contributed by atoms with E-state index in [4.69, 9.17) is 5.11 Å². The minimum atomic E-state index is -0.219. The number of hydrogen-bond acceptors (Lipinski definition) is 5. The van der Waals surface area contributed by atoms with Crippen molar-refractivity contribution in [3.63, 3.8) is 0 Å². The second-order valence-electron chi connectivity index (χ2n) is 6.28. The molecule has 0 unspecified atom stereocenters. The standard InChI is InChI=1S/C20H23N5O2/c1-24(11-12-26)16-9-7-15(8-10-16)14-21-23-20(27)13-19-22-17-5-3-4-6-18(17)25(19)2/h3-10,14,26H,11-13H2,1-2H3,(H,23,27)/b21-14+. The molecule has 0 spiro atoms. The van der Waals surface area contributed by atoms with E-state index in [0.717, 1.165) is 22.3 Å². The van der Waals surface area contributed by atoms with Gasteiger partial charge >= 0.3 is 0 Å². The van der Waals surface area contributed by atoms with E-state index in [1.54, 1.807) is 6.21 Å². The SMILES string of the molecule is CN(CCO)c1ccc(/C=N/NC(=O)Cc2nc3ccccc3n2C)cc1. The van der Waals surface area contributed by atoms with Gasteiger partial charge in [0.25, 0.3) is 0 Å². The first-order chi connectivity index (χ1) is 13.1. The van der Waals surface area contributed by atoms with Crippen LogP contribution in [0, 0.1) is 0 Å². The number of hydrazone groups is 1. The average molecular weight is 365 g/mol. The number of benzene rings is 2. The Bertz CT molecular complexity index is 947. The number of anilines is 1. The number of nitrogens with zero attached hydrogens (tertiary/aromatic N) is 4. The molecule has 1 amide bonds. The fraction of sp³-hybridized carbons (Fsp3) is 0.250. The fourth-order valence-corrected chi connectivity index (χ4v) is 2.81. The third-order valence-corrected chi connectivity index (χ3v) is 4.37. The van der Waals surface area contributed by atoms with Gasteiger partial charge in [0.05, 0.1) is 30.3 Å². The molecule has 7 heteroatoms. The van der Waals surface area contributed by atoms with Crippen molar-refractivity contribution in [1.29, 1.82) is 0 Å². The second kappa shape index (κ2) is 8.46. The number of carbonyl (C=O) groups is 1. The molecule has 2 aromatic carbocycles. The lowest BCUT2D eigenvalue weighted by atomic mass is 10.2. The molecule has 0 saturated heterocycles. The Morgan fingerprint density at radius 3 is 2.70 bits per heavy atom. The Morgan fingerprint density at radius 2 is 2.00 bits per heavy atom. The summed E-state index contributed by atoms with van der Waals surface area (Å²) in [6.45, 7) is 0.684. The van der Waals surface area contributed by atoms with Crippen LogP contribution in [-0.4, -0.2) is 47.0 Å². The predicted molar refractivity (Wildman–Crippen MR) is 107 cm³/mol. The number of aryl methyl sites for hydroxylation is 1. The van der Waals surface area contributed by atoms with Gasteiger partial charge in [-0.2, -0.15) is 5.10 Å². The molecule has 1 aromatic heterocycles. The van der Waals surface area contributed by atoms with Gasteiger partial charge in [-0.25, -0.2) is 10.4 Å². The van der Waals surface area contributed by atoms with Crippen molar-refractivity contribution in [3.05, 3.63) is 59.9 Å². The number of imidazole rings is 1. The average Bonchev–Trinajstić information content (AvgIpc) is 2.98. The van der Waals surface area contributed by atoms with Crippen LogP contribution in [0.2, 0.25) is 0 Å². The van der Waals surface area contributed by atoms with Crippen LogP contribution in [-0.2, 0) is 18.3 Å². The first-order valence-electron chi connectivity index (χ1n) is 8.73. The number of carbonyl (C=O) groups excluding carboxylic acids is 1. The van der Waals surface area contributed by atoms with Crippen molar-refractivity contribution in [2.75, 3.05) is 25.1 Å². The van der Waals surface area contributed by atoms with Gasteiger partial charge in [0.15, 0.2) is 0 Å². The second-order valence-corrected chi connectivity index (χ2v) is 6.28. The summed E-state index contributed by atoms with van der Waals surface area (Å²) in [5.74, 6) is 0.476. The quantitative estimate of drug-likeness (QED) is 0.493. The van der Waals surface area contributed by atoms with E-state index >= 15 is 0 Å². The third-order valence-electron chi connectivity index (χ3n) is 4.37. The van der Waals surface area contributed by atoms with E-state index in [1.165, 1.54) is 0 Å². The zero-order valence-corrected chi connectivity index (χ0v) is 15.5. The van der Waals surface area contributed by atoms with Crippen LogP contribution < -0.4 is 10.3 Å². The lowest BCUT2D eigenvalue weighted by molar-refractivity contribution is -0.120. The summed E-state index contributed by atoms with van der Waals surface area (Å²) < 4.78 is 1.92. The van der Waals surface area contributed by atoms with Crippen LogP contribution in [0.5, 0.6) is 0 Å². The van der Waals surface area contributed by atoms with Gasteiger partial charge in [-0.15, -0.1) is 0 Å². The van der Waals surface area contributed by atoms with Crippen LogP contribution in [0.15, 0.2) is 53.6 Å². The highest BCUT2D eigenvalue weighted by Gasteiger charge is 2.10. The Hall–Kier alpha value is -3.19. The van der Waals surface area contributed by atoms with Gasteiger partial charge in [0.1, 0.15) is 5.82 Å². The highest BCUT2D eigenvalue weighted by Crippen LogP contribution is 2.14. The summed E-state index contributed by atoms with van der Waals surface area (Å²) in [6, 6.07) is 15.5. The van der Waals surface area contributed by atoms with E-state index in [2.05, 4.69) is 15.5 Å². The summed E-state index contributed by atoms with van der Waals surface area (Å²) in [5.41, 5.74) is 6.29. The minimum Gasteiger partial charge on any atom is -0.395 e. The molecule has 0 aliphatic heterocycles. The fourth-order valence-electron chi connectivity index (χ4n) is 2.81. The maximum absolute atomic E-state index is 12.1. The van der Waals surface area contributed by atoms with E-state index in [9.17, 15) is 4.79 Å². The Labute approximate surface area is 157 Å². The number of fused-ring (bicyclic) bond motifs is 1. The predicted octanol–water partition coefficient (Wildman–Crippen LogP) is 1.69. The normalized spacial score (nSPS) is 11.2. The summed E-state index contributed by atoms with van der Waals surface area (Å²) in [4.78, 5) is 18.6. The number of aliphatic hydroxyl groups excluding tert-OH is 1. The first-order valence-corrected chi connectivity index (χ1v) is 8.73. The number of aliphatic hydroxyl groups is 1. The minimum absolute atomic E-state index is 0.108. The number of nitrogens with one attached hydrogen (secondary N) is 1. The van der Waals surface area contributed by atoms with Crippen molar-refractivity contribution in [3.8, 4) is 0 Å². The van der Waals surface area contributed by atoms with Crippen LogP contribution >= 0.6 is 0 Å². The van der Waals surface area contributed by atoms with Crippen molar-refractivity contribution in [2.24, 2.45) is 12.1 Å².